The Bertz CT molecular complexity index is 167. The van der Waals surface area contributed by atoms with Crippen molar-refractivity contribution in [2.75, 3.05) is 0 Å². The minimum absolute atomic E-state index is 0.583. The van der Waals surface area contributed by atoms with Gasteiger partial charge in [0.25, 0.3) is 0 Å². The van der Waals surface area contributed by atoms with Crippen LogP contribution in [0.4, 0.5) is 0 Å². The lowest BCUT2D eigenvalue weighted by atomic mass is 10.3. The van der Waals surface area contributed by atoms with Gasteiger partial charge in [0, 0.05) is 12.6 Å². The van der Waals surface area contributed by atoms with E-state index in [1.54, 1.807) is 11.3 Å². The van der Waals surface area contributed by atoms with E-state index in [1.807, 2.05) is 0 Å². The van der Waals surface area contributed by atoms with Crippen molar-refractivity contribution in [2.24, 2.45) is 0 Å². The third-order valence-electron chi connectivity index (χ3n) is 1.29. The Morgan fingerprint density at radius 1 is 1.60 bits per heavy atom. The van der Waals surface area contributed by atoms with Crippen molar-refractivity contribution in [3.05, 3.63) is 22.4 Å². The van der Waals surface area contributed by atoms with E-state index in [4.69, 9.17) is 0 Å². The molecule has 0 amide bonds. The zero-order valence-electron chi connectivity index (χ0n) is 6.42. The maximum Gasteiger partial charge on any atom is 0.0216 e. The summed E-state index contributed by atoms with van der Waals surface area (Å²) in [6.45, 7) is 5.32. The molecule has 1 aromatic rings. The van der Waals surface area contributed by atoms with Crippen molar-refractivity contribution >= 4 is 11.3 Å². The summed E-state index contributed by atoms with van der Waals surface area (Å²) in [5.74, 6) is 0. The van der Waals surface area contributed by atoms with Crippen molar-refractivity contribution < 1.29 is 0 Å². The normalized spacial score (nSPS) is 10.7. The van der Waals surface area contributed by atoms with E-state index in [9.17, 15) is 0 Å². The fourth-order valence-electron chi connectivity index (χ4n) is 0.715. The minimum Gasteiger partial charge on any atom is -0.310 e. The molecule has 0 aliphatic rings. The molecule has 10 heavy (non-hydrogen) atoms. The van der Waals surface area contributed by atoms with Gasteiger partial charge in [-0.1, -0.05) is 13.8 Å². The average molecular weight is 155 g/mol. The van der Waals surface area contributed by atoms with Gasteiger partial charge in [-0.2, -0.15) is 11.3 Å². The molecule has 1 N–H and O–H groups in total. The first kappa shape index (κ1) is 7.76. The highest BCUT2D eigenvalue weighted by Crippen LogP contribution is 2.04. The van der Waals surface area contributed by atoms with Crippen LogP contribution >= 0.6 is 11.3 Å². The third kappa shape index (κ3) is 2.50. The van der Waals surface area contributed by atoms with Gasteiger partial charge in [-0.05, 0) is 22.4 Å². The van der Waals surface area contributed by atoms with Crippen LogP contribution in [0.15, 0.2) is 16.8 Å². The van der Waals surface area contributed by atoms with Crippen LogP contribution in [0.3, 0.4) is 0 Å². The van der Waals surface area contributed by atoms with Gasteiger partial charge in [0.1, 0.15) is 0 Å². The van der Waals surface area contributed by atoms with E-state index < -0.39 is 0 Å². The van der Waals surface area contributed by atoms with Crippen molar-refractivity contribution in [1.29, 1.82) is 0 Å². The maximum atomic E-state index is 3.35. The highest BCUT2D eigenvalue weighted by Gasteiger charge is 1.93. The number of hydrogen-bond donors (Lipinski definition) is 1. The average Bonchev–Trinajstić information content (AvgIpc) is 2.34. The molecule has 1 heterocycles. The van der Waals surface area contributed by atoms with Gasteiger partial charge >= 0.3 is 0 Å². The molecule has 1 rings (SSSR count). The lowest BCUT2D eigenvalue weighted by molar-refractivity contribution is 0.589. The van der Waals surface area contributed by atoms with Gasteiger partial charge in [-0.3, -0.25) is 0 Å². The van der Waals surface area contributed by atoms with Crippen molar-refractivity contribution in [1.82, 2.24) is 5.32 Å². The first-order chi connectivity index (χ1) is 4.79. The first-order valence-electron chi connectivity index (χ1n) is 3.53. The highest BCUT2D eigenvalue weighted by molar-refractivity contribution is 7.07. The molecule has 0 fully saturated rings. The van der Waals surface area contributed by atoms with Gasteiger partial charge in [0.15, 0.2) is 0 Å². The van der Waals surface area contributed by atoms with Gasteiger partial charge in [0.05, 0.1) is 0 Å². The second-order valence-corrected chi connectivity index (χ2v) is 3.45. The summed E-state index contributed by atoms with van der Waals surface area (Å²) in [6, 6.07) is 2.74. The van der Waals surface area contributed by atoms with Crippen LogP contribution in [0.1, 0.15) is 19.4 Å². The Balaban J connectivity index is 2.28. The van der Waals surface area contributed by atoms with E-state index in [1.165, 1.54) is 5.56 Å². The zero-order chi connectivity index (χ0) is 7.40. The Morgan fingerprint density at radius 3 is 2.90 bits per heavy atom. The summed E-state index contributed by atoms with van der Waals surface area (Å²) in [7, 11) is 0. The van der Waals surface area contributed by atoms with Crippen LogP contribution in [0.5, 0.6) is 0 Å². The molecule has 0 spiro atoms. The molecule has 0 aliphatic heterocycles. The van der Waals surface area contributed by atoms with E-state index in [2.05, 4.69) is 36.0 Å². The summed E-state index contributed by atoms with van der Waals surface area (Å²) in [4.78, 5) is 0. The molecule has 0 aliphatic carbocycles. The predicted molar refractivity (Wildman–Crippen MR) is 46.3 cm³/mol. The van der Waals surface area contributed by atoms with Crippen LogP contribution in [-0.4, -0.2) is 6.04 Å². The maximum absolute atomic E-state index is 3.35. The summed E-state index contributed by atoms with van der Waals surface area (Å²) >= 11 is 1.75. The second kappa shape index (κ2) is 3.74. The lowest BCUT2D eigenvalue weighted by Gasteiger charge is -2.05. The molecule has 0 bridgehead atoms. The molecule has 0 saturated heterocycles. The van der Waals surface area contributed by atoms with E-state index in [-0.39, 0.29) is 0 Å². The molecule has 0 unspecified atom stereocenters. The van der Waals surface area contributed by atoms with Crippen LogP contribution in [-0.2, 0) is 6.54 Å². The summed E-state index contributed by atoms with van der Waals surface area (Å²) in [6.07, 6.45) is 0. The summed E-state index contributed by atoms with van der Waals surface area (Å²) < 4.78 is 0. The standard InChI is InChI=1S/C8H13NS/c1-7(2)9-5-8-3-4-10-6-8/h3-4,6-7,9H,5H2,1-2H3. The quantitative estimate of drug-likeness (QED) is 0.706. The summed E-state index contributed by atoms with van der Waals surface area (Å²) in [5, 5.41) is 7.64. The molecule has 2 heteroatoms. The topological polar surface area (TPSA) is 12.0 Å². The predicted octanol–water partition coefficient (Wildman–Crippen LogP) is 2.25. The first-order valence-corrected chi connectivity index (χ1v) is 4.48. The molecule has 0 aromatic carbocycles. The smallest absolute Gasteiger partial charge is 0.0216 e. The fraction of sp³-hybridized carbons (Fsp3) is 0.500. The van der Waals surface area contributed by atoms with Gasteiger partial charge < -0.3 is 5.32 Å². The number of nitrogens with one attached hydrogen (secondary N) is 1. The van der Waals surface area contributed by atoms with Crippen LogP contribution < -0.4 is 5.32 Å². The van der Waals surface area contributed by atoms with E-state index in [0.717, 1.165) is 6.54 Å². The number of rotatable bonds is 3. The van der Waals surface area contributed by atoms with Crippen LogP contribution in [0.25, 0.3) is 0 Å². The molecular weight excluding hydrogens is 142 g/mol. The Labute approximate surface area is 66.1 Å². The molecule has 0 atom stereocenters. The Morgan fingerprint density at radius 2 is 2.40 bits per heavy atom. The van der Waals surface area contributed by atoms with E-state index in [0.29, 0.717) is 6.04 Å². The molecular formula is C8H13NS. The van der Waals surface area contributed by atoms with Gasteiger partial charge in [-0.15, -0.1) is 0 Å². The molecule has 56 valence electrons. The molecule has 0 saturated carbocycles. The number of hydrogen-bond acceptors (Lipinski definition) is 2. The van der Waals surface area contributed by atoms with Crippen LogP contribution in [0.2, 0.25) is 0 Å². The Hall–Kier alpha value is -0.340. The largest absolute Gasteiger partial charge is 0.310 e. The SMILES string of the molecule is CC(C)NCc1ccsc1. The second-order valence-electron chi connectivity index (χ2n) is 2.67. The van der Waals surface area contributed by atoms with E-state index >= 15 is 0 Å². The van der Waals surface area contributed by atoms with Crippen molar-refractivity contribution in [3.8, 4) is 0 Å². The van der Waals surface area contributed by atoms with Gasteiger partial charge in [0.2, 0.25) is 0 Å². The van der Waals surface area contributed by atoms with Gasteiger partial charge in [-0.25, -0.2) is 0 Å². The molecule has 0 radical (unpaired) electrons. The minimum atomic E-state index is 0.583. The lowest BCUT2D eigenvalue weighted by Crippen LogP contribution is -2.21. The monoisotopic (exact) mass is 155 g/mol. The molecule has 1 aromatic heterocycles. The van der Waals surface area contributed by atoms with Crippen molar-refractivity contribution in [2.45, 2.75) is 26.4 Å². The van der Waals surface area contributed by atoms with Crippen LogP contribution in [0, 0.1) is 0 Å². The molecule has 1 nitrogen and oxygen atoms in total. The highest BCUT2D eigenvalue weighted by atomic mass is 32.1. The zero-order valence-corrected chi connectivity index (χ0v) is 7.24. The Kier molecular flexibility index (Phi) is 2.90. The summed E-state index contributed by atoms with van der Waals surface area (Å²) in [5.41, 5.74) is 1.39. The number of thiophene rings is 1. The van der Waals surface area contributed by atoms with Crippen molar-refractivity contribution in [3.63, 3.8) is 0 Å². The third-order valence-corrected chi connectivity index (χ3v) is 2.03. The fourth-order valence-corrected chi connectivity index (χ4v) is 1.38.